The summed E-state index contributed by atoms with van der Waals surface area (Å²) in [5, 5.41) is 12.8. The molecule has 0 amide bonds. The Kier molecular flexibility index (Phi) is 3.76. The van der Waals surface area contributed by atoms with Gasteiger partial charge in [-0.2, -0.15) is 4.80 Å². The summed E-state index contributed by atoms with van der Waals surface area (Å²) in [6.07, 6.45) is 0. The minimum atomic E-state index is -0.0728. The molecule has 2 aromatic carbocycles. The molecule has 0 fully saturated rings. The van der Waals surface area contributed by atoms with Gasteiger partial charge in [-0.1, -0.05) is 15.9 Å². The monoisotopic (exact) mass is 442 g/mol. The minimum absolute atomic E-state index is 0.0728. The summed E-state index contributed by atoms with van der Waals surface area (Å²) in [6, 6.07) is 9.45. The van der Waals surface area contributed by atoms with E-state index in [4.69, 9.17) is 9.47 Å². The van der Waals surface area contributed by atoms with Crippen LogP contribution in [0.5, 0.6) is 11.5 Å². The Morgan fingerprint density at radius 2 is 1.82 bits per heavy atom. The first kappa shape index (κ1) is 17.0. The molecule has 142 valence electrons. The van der Waals surface area contributed by atoms with Crippen LogP contribution >= 0.6 is 15.9 Å². The van der Waals surface area contributed by atoms with Crippen molar-refractivity contribution in [2.24, 2.45) is 14.1 Å². The van der Waals surface area contributed by atoms with Gasteiger partial charge >= 0.3 is 5.69 Å². The maximum atomic E-state index is 12.1. The van der Waals surface area contributed by atoms with Crippen LogP contribution in [0.1, 0.15) is 5.56 Å². The van der Waals surface area contributed by atoms with Gasteiger partial charge in [0.25, 0.3) is 0 Å². The first-order valence-electron chi connectivity index (χ1n) is 8.53. The van der Waals surface area contributed by atoms with Crippen LogP contribution < -0.4 is 15.2 Å². The molecule has 1 aliphatic rings. The Bertz CT molecular complexity index is 1290. The van der Waals surface area contributed by atoms with Crippen molar-refractivity contribution in [3.8, 4) is 22.9 Å². The number of hydrogen-bond donors (Lipinski definition) is 0. The lowest BCUT2D eigenvalue weighted by molar-refractivity contribution is 0.174. The number of benzene rings is 2. The molecular weight excluding hydrogens is 428 g/mol. The normalized spacial score (nSPS) is 12.8. The Labute approximate surface area is 167 Å². The zero-order chi connectivity index (χ0) is 19.4. The van der Waals surface area contributed by atoms with Gasteiger partial charge in [0.05, 0.1) is 17.6 Å². The highest BCUT2D eigenvalue weighted by atomic mass is 79.9. The summed E-state index contributed by atoms with van der Waals surface area (Å²) in [5.74, 6) is 1.91. The zero-order valence-corrected chi connectivity index (χ0v) is 16.7. The second kappa shape index (κ2) is 6.20. The molecule has 5 rings (SSSR count). The van der Waals surface area contributed by atoms with Crippen molar-refractivity contribution in [1.29, 1.82) is 0 Å². The van der Waals surface area contributed by atoms with Crippen molar-refractivity contribution in [1.82, 2.24) is 29.3 Å². The lowest BCUT2D eigenvalue weighted by atomic mass is 10.2. The summed E-state index contributed by atoms with van der Waals surface area (Å²) in [5.41, 5.74) is 3.35. The summed E-state index contributed by atoms with van der Waals surface area (Å²) >= 11 is 3.54. The fraction of sp³-hybridized carbons (Fsp3) is 0.222. The van der Waals surface area contributed by atoms with Crippen LogP contribution in [-0.2, 0) is 20.6 Å². The Morgan fingerprint density at radius 3 is 2.64 bits per heavy atom. The number of aromatic nitrogens is 6. The predicted octanol–water partition coefficient (Wildman–Crippen LogP) is 2.07. The van der Waals surface area contributed by atoms with Crippen molar-refractivity contribution < 1.29 is 9.47 Å². The number of rotatable bonds is 3. The highest BCUT2D eigenvalue weighted by Crippen LogP contribution is 2.37. The van der Waals surface area contributed by atoms with Crippen molar-refractivity contribution in [2.75, 3.05) is 6.79 Å². The van der Waals surface area contributed by atoms with Crippen LogP contribution in [0.15, 0.2) is 39.6 Å². The van der Waals surface area contributed by atoms with Crippen molar-refractivity contribution in [3.05, 3.63) is 50.9 Å². The number of fused-ring (bicyclic) bond motifs is 2. The summed E-state index contributed by atoms with van der Waals surface area (Å²) < 4.78 is 14.9. The second-order valence-corrected chi connectivity index (χ2v) is 7.40. The predicted molar refractivity (Wildman–Crippen MR) is 104 cm³/mol. The van der Waals surface area contributed by atoms with E-state index in [-0.39, 0.29) is 12.5 Å². The molecule has 0 saturated carbocycles. The smallest absolute Gasteiger partial charge is 0.328 e. The van der Waals surface area contributed by atoms with E-state index in [1.165, 1.54) is 4.80 Å². The number of tetrazole rings is 1. The van der Waals surface area contributed by atoms with Crippen molar-refractivity contribution in [2.45, 2.75) is 6.54 Å². The second-order valence-electron chi connectivity index (χ2n) is 6.54. The Hall–Kier alpha value is -3.14. The first-order chi connectivity index (χ1) is 13.5. The van der Waals surface area contributed by atoms with Gasteiger partial charge in [-0.3, -0.25) is 9.13 Å². The highest BCUT2D eigenvalue weighted by Gasteiger charge is 2.17. The first-order valence-corrected chi connectivity index (χ1v) is 9.32. The van der Waals surface area contributed by atoms with Gasteiger partial charge in [-0.15, -0.1) is 10.2 Å². The standard InChI is InChI=1S/C18H15BrN6O3/c1-23-13-4-3-10(5-14(13)24(2)18(23)26)17-20-22-25(21-17)8-11-6-15-16(7-12(11)19)28-9-27-15/h3-7H,8-9H2,1-2H3. The van der Waals surface area contributed by atoms with Gasteiger partial charge in [-0.05, 0) is 41.1 Å². The number of imidazole rings is 1. The number of ether oxygens (including phenoxy) is 2. The summed E-state index contributed by atoms with van der Waals surface area (Å²) in [7, 11) is 3.50. The highest BCUT2D eigenvalue weighted by molar-refractivity contribution is 9.10. The molecule has 0 atom stereocenters. The van der Waals surface area contributed by atoms with Gasteiger partial charge < -0.3 is 9.47 Å². The summed E-state index contributed by atoms with van der Waals surface area (Å²) in [6.45, 7) is 0.651. The quantitative estimate of drug-likeness (QED) is 0.482. The van der Waals surface area contributed by atoms with E-state index in [2.05, 4.69) is 31.3 Å². The molecule has 2 aromatic heterocycles. The molecule has 0 spiro atoms. The number of nitrogens with zero attached hydrogens (tertiary/aromatic N) is 6. The molecule has 0 bridgehead atoms. The van der Waals surface area contributed by atoms with E-state index >= 15 is 0 Å². The SMILES string of the molecule is Cn1c(=O)n(C)c2cc(-c3nnn(Cc4cc5c(cc4Br)OCO5)n3)ccc21. The van der Waals surface area contributed by atoms with Crippen LogP contribution in [0.4, 0.5) is 0 Å². The largest absolute Gasteiger partial charge is 0.454 e. The van der Waals surface area contributed by atoms with E-state index < -0.39 is 0 Å². The lowest BCUT2D eigenvalue weighted by Crippen LogP contribution is -2.19. The van der Waals surface area contributed by atoms with Crippen LogP contribution in [0.25, 0.3) is 22.4 Å². The van der Waals surface area contributed by atoms with Crippen LogP contribution in [0, 0.1) is 0 Å². The molecule has 9 nitrogen and oxygen atoms in total. The number of hydrogen-bond acceptors (Lipinski definition) is 6. The fourth-order valence-corrected chi connectivity index (χ4v) is 3.75. The average molecular weight is 443 g/mol. The maximum Gasteiger partial charge on any atom is 0.328 e. The van der Waals surface area contributed by atoms with Crippen molar-refractivity contribution in [3.63, 3.8) is 0 Å². The molecule has 1 aliphatic heterocycles. The van der Waals surface area contributed by atoms with Gasteiger partial charge in [0.1, 0.15) is 0 Å². The molecule has 4 aromatic rings. The molecular formula is C18H15BrN6O3. The van der Waals surface area contributed by atoms with E-state index in [1.54, 1.807) is 23.2 Å². The van der Waals surface area contributed by atoms with Crippen LogP contribution in [0.3, 0.4) is 0 Å². The van der Waals surface area contributed by atoms with E-state index in [0.717, 1.165) is 26.6 Å². The molecule has 10 heteroatoms. The third-order valence-corrected chi connectivity index (χ3v) is 5.57. The van der Waals surface area contributed by atoms with E-state index in [0.29, 0.717) is 23.9 Å². The average Bonchev–Trinajstić information content (AvgIpc) is 3.39. The maximum absolute atomic E-state index is 12.1. The minimum Gasteiger partial charge on any atom is -0.454 e. The third kappa shape index (κ3) is 2.60. The van der Waals surface area contributed by atoms with Crippen LogP contribution in [0.2, 0.25) is 0 Å². The van der Waals surface area contributed by atoms with Gasteiger partial charge in [0.15, 0.2) is 11.5 Å². The van der Waals surface area contributed by atoms with E-state index in [9.17, 15) is 4.79 Å². The molecule has 0 radical (unpaired) electrons. The van der Waals surface area contributed by atoms with Gasteiger partial charge in [0.2, 0.25) is 12.6 Å². The molecule has 0 unspecified atom stereocenters. The van der Waals surface area contributed by atoms with Crippen molar-refractivity contribution >= 4 is 27.0 Å². The molecule has 0 aliphatic carbocycles. The third-order valence-electron chi connectivity index (χ3n) is 4.84. The Morgan fingerprint density at radius 1 is 1.07 bits per heavy atom. The van der Waals surface area contributed by atoms with E-state index in [1.807, 2.05) is 30.3 Å². The molecule has 28 heavy (non-hydrogen) atoms. The number of halogens is 1. The lowest BCUT2D eigenvalue weighted by Gasteiger charge is -2.05. The van der Waals surface area contributed by atoms with Crippen LogP contribution in [-0.4, -0.2) is 36.1 Å². The van der Waals surface area contributed by atoms with Gasteiger partial charge in [-0.25, -0.2) is 4.79 Å². The van der Waals surface area contributed by atoms with Gasteiger partial charge in [0, 0.05) is 24.1 Å². The zero-order valence-electron chi connectivity index (χ0n) is 15.1. The molecule has 0 N–H and O–H groups in total. The molecule has 3 heterocycles. The Balaban J connectivity index is 1.48. The summed E-state index contributed by atoms with van der Waals surface area (Å²) in [4.78, 5) is 13.6. The topological polar surface area (TPSA) is 89.0 Å². The molecule has 0 saturated heterocycles. The number of aryl methyl sites for hydroxylation is 2. The fourth-order valence-electron chi connectivity index (χ4n) is 3.30.